The van der Waals surface area contributed by atoms with Gasteiger partial charge in [-0.1, -0.05) is 12.1 Å². The van der Waals surface area contributed by atoms with Crippen LogP contribution in [-0.2, 0) is 22.5 Å². The van der Waals surface area contributed by atoms with Gasteiger partial charge in [-0.2, -0.15) is 0 Å². The minimum Gasteiger partial charge on any atom is -0.598 e. The lowest BCUT2D eigenvalue weighted by Crippen LogP contribution is -2.51. The van der Waals surface area contributed by atoms with E-state index in [-0.39, 0.29) is 23.3 Å². The van der Waals surface area contributed by atoms with E-state index < -0.39 is 21.7 Å². The highest BCUT2D eigenvalue weighted by Gasteiger charge is 2.51. The zero-order valence-corrected chi connectivity index (χ0v) is 20.6. The molecule has 1 fully saturated rings. The van der Waals surface area contributed by atoms with Gasteiger partial charge in [0.05, 0.1) is 6.04 Å². The van der Waals surface area contributed by atoms with Crippen LogP contribution in [0.3, 0.4) is 0 Å². The molecular weight excluding hydrogens is 412 g/mol. The third kappa shape index (κ3) is 5.26. The molecule has 0 saturated carbocycles. The van der Waals surface area contributed by atoms with Crippen LogP contribution in [-0.4, -0.2) is 44.8 Å². The quantitative estimate of drug-likeness (QED) is 0.542. The van der Waals surface area contributed by atoms with Gasteiger partial charge in [-0.05, 0) is 84.9 Å². The topological polar surface area (TPSA) is 81.7 Å². The Kier molecular flexibility index (Phi) is 6.53. The Bertz CT molecular complexity index is 848. The van der Waals surface area contributed by atoms with Crippen LogP contribution in [0.1, 0.15) is 88.8 Å². The minimum atomic E-state index is -1.25. The molecule has 6 nitrogen and oxygen atoms in total. The molecule has 7 heteroatoms. The molecular formula is C24H36N2O4S. The van der Waals surface area contributed by atoms with E-state index in [2.05, 4.69) is 4.72 Å². The van der Waals surface area contributed by atoms with Gasteiger partial charge in [-0.15, -0.1) is 4.72 Å². The molecule has 1 aromatic carbocycles. The zero-order chi connectivity index (χ0) is 23.2. The maximum Gasteiger partial charge on any atom is 0.410 e. The Morgan fingerprint density at radius 2 is 1.77 bits per heavy atom. The molecule has 1 aromatic rings. The first-order valence-electron chi connectivity index (χ1n) is 11.0. The number of nitrogens with zero attached hydrogens (tertiary/aromatic N) is 1. The van der Waals surface area contributed by atoms with E-state index in [1.54, 1.807) is 11.8 Å². The number of fused-ring (bicyclic) bond motifs is 1. The number of rotatable bonds is 3. The number of ketones is 1. The molecule has 31 heavy (non-hydrogen) atoms. The second-order valence-electron chi connectivity index (χ2n) is 10.9. The van der Waals surface area contributed by atoms with Crippen molar-refractivity contribution in [3.05, 3.63) is 34.9 Å². The SMILES string of the molecule is CC(=O)c1ccc2c(c1)[C@@H](N[S@+]([O-])C(C)(C)C)C1(CCN(C(=O)OC(C)(C)C)CC1)C2. The lowest BCUT2D eigenvalue weighted by molar-refractivity contribution is 0.00715. The van der Waals surface area contributed by atoms with Crippen molar-refractivity contribution in [3.63, 3.8) is 0 Å². The van der Waals surface area contributed by atoms with Gasteiger partial charge in [0.25, 0.3) is 0 Å². The summed E-state index contributed by atoms with van der Waals surface area (Å²) in [6.45, 7) is 14.3. The molecule has 0 radical (unpaired) electrons. The predicted octanol–water partition coefficient (Wildman–Crippen LogP) is 4.56. The number of Topliss-reactive ketones (excluding diaryl/α,β-unsaturated/α-hetero) is 1. The van der Waals surface area contributed by atoms with Crippen LogP contribution in [0, 0.1) is 5.41 Å². The first kappa shape index (κ1) is 24.1. The molecule has 1 aliphatic heterocycles. The van der Waals surface area contributed by atoms with Gasteiger partial charge >= 0.3 is 6.09 Å². The van der Waals surface area contributed by atoms with E-state index in [1.807, 2.05) is 59.7 Å². The number of nitrogens with one attached hydrogen (secondary N) is 1. The normalized spacial score (nSPS) is 21.7. The van der Waals surface area contributed by atoms with Crippen LogP contribution in [0.2, 0.25) is 0 Å². The number of hydrogen-bond acceptors (Lipinski definition) is 5. The van der Waals surface area contributed by atoms with Gasteiger partial charge in [0, 0.05) is 35.4 Å². The monoisotopic (exact) mass is 448 g/mol. The summed E-state index contributed by atoms with van der Waals surface area (Å²) < 4.78 is 21.6. The summed E-state index contributed by atoms with van der Waals surface area (Å²) in [6, 6.07) is 5.76. The van der Waals surface area contributed by atoms with Crippen molar-refractivity contribution in [1.29, 1.82) is 0 Å². The highest BCUT2D eigenvalue weighted by molar-refractivity contribution is 7.90. The van der Waals surface area contributed by atoms with Crippen molar-refractivity contribution in [2.45, 2.75) is 84.1 Å². The summed E-state index contributed by atoms with van der Waals surface area (Å²) in [6.07, 6.45) is 2.14. The van der Waals surface area contributed by atoms with Gasteiger partial charge in [0.2, 0.25) is 0 Å². The van der Waals surface area contributed by atoms with Crippen molar-refractivity contribution in [2.24, 2.45) is 5.41 Å². The predicted molar refractivity (Wildman–Crippen MR) is 123 cm³/mol. The van der Waals surface area contributed by atoms with Gasteiger partial charge in [-0.25, -0.2) is 4.79 Å². The number of carbonyl (C=O) groups excluding carboxylic acids is 2. The summed E-state index contributed by atoms with van der Waals surface area (Å²) in [4.78, 5) is 26.3. The highest BCUT2D eigenvalue weighted by Crippen LogP contribution is 2.53. The Hall–Kier alpha value is -1.57. The van der Waals surface area contributed by atoms with Crippen molar-refractivity contribution < 1.29 is 18.9 Å². The lowest BCUT2D eigenvalue weighted by Gasteiger charge is -2.43. The maximum atomic E-state index is 13.1. The molecule has 2 aliphatic rings. The number of carbonyl (C=O) groups is 2. The van der Waals surface area contributed by atoms with E-state index in [0.717, 1.165) is 24.8 Å². The van der Waals surface area contributed by atoms with Crippen molar-refractivity contribution in [1.82, 2.24) is 9.62 Å². The molecule has 3 rings (SSSR count). The van der Waals surface area contributed by atoms with Gasteiger partial charge in [0.1, 0.15) is 10.3 Å². The van der Waals surface area contributed by atoms with Gasteiger partial charge in [-0.3, -0.25) is 4.79 Å². The molecule has 1 amide bonds. The van der Waals surface area contributed by atoms with E-state index in [1.165, 1.54) is 5.56 Å². The number of amides is 1. The van der Waals surface area contributed by atoms with E-state index in [9.17, 15) is 14.1 Å². The fraction of sp³-hybridized carbons (Fsp3) is 0.667. The number of ether oxygens (including phenoxy) is 1. The van der Waals surface area contributed by atoms with E-state index in [4.69, 9.17) is 4.74 Å². The summed E-state index contributed by atoms with van der Waals surface area (Å²) in [5, 5.41) is 0. The average Bonchev–Trinajstić information content (AvgIpc) is 2.92. The van der Waals surface area contributed by atoms with Gasteiger partial charge < -0.3 is 14.2 Å². The highest BCUT2D eigenvalue weighted by atomic mass is 32.2. The lowest BCUT2D eigenvalue weighted by atomic mass is 9.73. The molecule has 172 valence electrons. The second-order valence-corrected chi connectivity index (χ2v) is 12.9. The molecule has 1 aliphatic carbocycles. The van der Waals surface area contributed by atoms with E-state index in [0.29, 0.717) is 18.7 Å². The van der Waals surface area contributed by atoms with E-state index >= 15 is 0 Å². The summed E-state index contributed by atoms with van der Waals surface area (Å²) >= 11 is -1.25. The second kappa shape index (κ2) is 8.41. The molecule has 0 bridgehead atoms. The smallest absolute Gasteiger partial charge is 0.410 e. The van der Waals surface area contributed by atoms with Gasteiger partial charge in [0.15, 0.2) is 5.78 Å². The standard InChI is InChI=1S/C24H36N2O4S/c1-16(27)17-8-9-18-15-24(20(19(18)14-17)25-31(29)23(5,6)7)10-12-26(13-11-24)21(28)30-22(2,3)4/h8-9,14,20,25H,10-13,15H2,1-7H3/t20-,31-/m1/s1. The number of piperidine rings is 1. The number of hydrogen-bond donors (Lipinski definition) is 1. The maximum absolute atomic E-state index is 13.1. The number of likely N-dealkylation sites (tertiary alicyclic amines) is 1. The molecule has 0 unspecified atom stereocenters. The summed E-state index contributed by atoms with van der Waals surface area (Å²) in [5.74, 6) is 0.0270. The molecule has 0 aromatic heterocycles. The fourth-order valence-electron chi connectivity index (χ4n) is 4.45. The molecule has 1 saturated heterocycles. The van der Waals surface area contributed by atoms with Crippen LogP contribution in [0.25, 0.3) is 0 Å². The van der Waals surface area contributed by atoms with Crippen molar-refractivity contribution >= 4 is 23.2 Å². The molecule has 1 spiro atoms. The molecule has 1 N–H and O–H groups in total. The van der Waals surface area contributed by atoms with Crippen molar-refractivity contribution in [2.75, 3.05) is 13.1 Å². The largest absolute Gasteiger partial charge is 0.598 e. The zero-order valence-electron chi connectivity index (χ0n) is 19.8. The minimum absolute atomic E-state index is 0.0270. The van der Waals surface area contributed by atoms with Crippen LogP contribution >= 0.6 is 0 Å². The van der Waals surface area contributed by atoms with Crippen LogP contribution < -0.4 is 4.72 Å². The first-order chi connectivity index (χ1) is 14.2. The Labute approximate surface area is 189 Å². The summed E-state index contributed by atoms with van der Waals surface area (Å²) in [7, 11) is 0. The van der Waals surface area contributed by atoms with Crippen LogP contribution in [0.5, 0.6) is 0 Å². The average molecular weight is 449 g/mol. The Morgan fingerprint density at radius 1 is 1.16 bits per heavy atom. The van der Waals surface area contributed by atoms with Crippen molar-refractivity contribution in [3.8, 4) is 0 Å². The molecule has 2 atom stereocenters. The van der Waals surface area contributed by atoms with Crippen LogP contribution in [0.15, 0.2) is 18.2 Å². The fourth-order valence-corrected chi connectivity index (χ4v) is 5.40. The van der Waals surface area contributed by atoms with Crippen LogP contribution in [0.4, 0.5) is 4.79 Å². The first-order valence-corrected chi connectivity index (χ1v) is 12.2. The third-order valence-electron chi connectivity index (χ3n) is 6.21. The Balaban J connectivity index is 1.87. The molecule has 1 heterocycles. The number of benzene rings is 1. The summed E-state index contributed by atoms with van der Waals surface area (Å²) in [5.41, 5.74) is 2.27. The third-order valence-corrected chi connectivity index (χ3v) is 7.77. The Morgan fingerprint density at radius 3 is 2.29 bits per heavy atom.